The molecule has 0 bridgehead atoms. The summed E-state index contributed by atoms with van der Waals surface area (Å²) in [6.45, 7) is 0. The largest absolute Gasteiger partial charge is 0.497 e. The van der Waals surface area contributed by atoms with E-state index in [-0.39, 0.29) is 24.0 Å². The molecule has 1 aliphatic rings. The maximum atomic E-state index is 12.8. The molecule has 2 heterocycles. The molecule has 6 heteroatoms. The number of carbonyl (C=O) groups excluding carboxylic acids is 1. The van der Waals surface area contributed by atoms with Crippen molar-refractivity contribution in [2.75, 3.05) is 7.11 Å². The Morgan fingerprint density at radius 3 is 2.85 bits per heavy atom. The third-order valence-electron chi connectivity index (χ3n) is 4.99. The summed E-state index contributed by atoms with van der Waals surface area (Å²) in [6.07, 6.45) is 2.78. The number of fused-ring (bicyclic) bond motifs is 1. The van der Waals surface area contributed by atoms with Crippen molar-refractivity contribution in [1.82, 2.24) is 15.3 Å². The number of aromatic amines is 1. The Morgan fingerprint density at radius 2 is 2.15 bits per heavy atom. The standard InChI is InChI=1S/C20H21N3O3/c1-26-15-5-6-16-12(10-15)11-18(22-16)20(25)23-19(13-8-14(24)9-13)17-4-2-3-7-21-17/h2-7,10-11,13-14,19,22,24H,8-9H2,1H3,(H,23,25)/t13?,14?,19-/m0/s1. The molecule has 1 aliphatic carbocycles. The summed E-state index contributed by atoms with van der Waals surface area (Å²) in [5.41, 5.74) is 2.19. The van der Waals surface area contributed by atoms with E-state index in [1.165, 1.54) is 0 Å². The monoisotopic (exact) mass is 351 g/mol. The van der Waals surface area contributed by atoms with E-state index in [9.17, 15) is 9.90 Å². The highest BCUT2D eigenvalue weighted by Crippen LogP contribution is 2.37. The maximum Gasteiger partial charge on any atom is 0.268 e. The molecule has 6 nitrogen and oxygen atoms in total. The molecule has 0 aliphatic heterocycles. The zero-order valence-electron chi connectivity index (χ0n) is 14.5. The predicted molar refractivity (Wildman–Crippen MR) is 98.0 cm³/mol. The Labute approximate surface area is 151 Å². The zero-order chi connectivity index (χ0) is 18.1. The molecule has 2 aromatic heterocycles. The lowest BCUT2D eigenvalue weighted by molar-refractivity contribution is 0.0228. The third-order valence-corrected chi connectivity index (χ3v) is 4.99. The van der Waals surface area contributed by atoms with Crippen LogP contribution in [0.5, 0.6) is 5.75 Å². The number of amides is 1. The number of benzene rings is 1. The maximum absolute atomic E-state index is 12.8. The van der Waals surface area contributed by atoms with E-state index in [2.05, 4.69) is 15.3 Å². The average Bonchev–Trinajstić information content (AvgIpc) is 3.07. The third kappa shape index (κ3) is 3.15. The Kier molecular flexibility index (Phi) is 4.34. The number of hydrogen-bond donors (Lipinski definition) is 3. The second-order valence-corrected chi connectivity index (χ2v) is 6.73. The molecule has 0 radical (unpaired) electrons. The number of carbonyl (C=O) groups is 1. The summed E-state index contributed by atoms with van der Waals surface area (Å²) >= 11 is 0. The van der Waals surface area contributed by atoms with Gasteiger partial charge in [0.15, 0.2) is 0 Å². The van der Waals surface area contributed by atoms with Crippen LogP contribution in [0.1, 0.15) is 35.1 Å². The summed E-state index contributed by atoms with van der Waals surface area (Å²) in [5.74, 6) is 0.754. The zero-order valence-corrected chi connectivity index (χ0v) is 14.5. The summed E-state index contributed by atoms with van der Waals surface area (Å²) in [6, 6.07) is 12.9. The Morgan fingerprint density at radius 1 is 1.31 bits per heavy atom. The van der Waals surface area contributed by atoms with E-state index < -0.39 is 0 Å². The van der Waals surface area contributed by atoms with Gasteiger partial charge < -0.3 is 20.1 Å². The van der Waals surface area contributed by atoms with Gasteiger partial charge in [0, 0.05) is 17.1 Å². The van der Waals surface area contributed by atoms with Crippen LogP contribution in [-0.2, 0) is 0 Å². The summed E-state index contributed by atoms with van der Waals surface area (Å²) in [7, 11) is 1.62. The smallest absolute Gasteiger partial charge is 0.268 e. The first-order chi connectivity index (χ1) is 12.6. The number of ether oxygens (including phenoxy) is 1. The molecule has 4 rings (SSSR count). The minimum absolute atomic E-state index is 0.183. The topological polar surface area (TPSA) is 87.2 Å². The fourth-order valence-corrected chi connectivity index (χ4v) is 3.47. The summed E-state index contributed by atoms with van der Waals surface area (Å²) < 4.78 is 5.23. The Balaban J connectivity index is 1.58. The van der Waals surface area contributed by atoms with Gasteiger partial charge in [0.25, 0.3) is 5.91 Å². The van der Waals surface area contributed by atoms with Crippen LogP contribution in [0.15, 0.2) is 48.7 Å². The first-order valence-electron chi connectivity index (χ1n) is 8.70. The second kappa shape index (κ2) is 6.80. The van der Waals surface area contributed by atoms with Crippen LogP contribution in [0.4, 0.5) is 0 Å². The van der Waals surface area contributed by atoms with Crippen molar-refractivity contribution in [3.8, 4) is 5.75 Å². The summed E-state index contributed by atoms with van der Waals surface area (Å²) in [4.78, 5) is 20.4. The number of rotatable bonds is 5. The SMILES string of the molecule is COc1ccc2[nH]c(C(=O)N[C@H](c3ccccn3)C3CC(O)C3)cc2c1. The predicted octanol–water partition coefficient (Wildman–Crippen LogP) is 2.81. The van der Waals surface area contributed by atoms with Gasteiger partial charge in [-0.25, -0.2) is 0 Å². The fourth-order valence-electron chi connectivity index (χ4n) is 3.47. The van der Waals surface area contributed by atoms with E-state index in [4.69, 9.17) is 4.74 Å². The molecule has 0 spiro atoms. The van der Waals surface area contributed by atoms with Crippen LogP contribution in [0.3, 0.4) is 0 Å². The van der Waals surface area contributed by atoms with Gasteiger partial charge in [-0.05, 0) is 55.2 Å². The van der Waals surface area contributed by atoms with Crippen molar-refractivity contribution in [2.45, 2.75) is 25.0 Å². The van der Waals surface area contributed by atoms with Crippen molar-refractivity contribution < 1.29 is 14.6 Å². The molecule has 3 N–H and O–H groups in total. The quantitative estimate of drug-likeness (QED) is 0.660. The lowest BCUT2D eigenvalue weighted by Crippen LogP contribution is -2.41. The van der Waals surface area contributed by atoms with Crippen LogP contribution in [0.2, 0.25) is 0 Å². The molecule has 0 unspecified atom stereocenters. The average molecular weight is 351 g/mol. The molecule has 26 heavy (non-hydrogen) atoms. The van der Waals surface area contributed by atoms with E-state index in [1.807, 2.05) is 42.5 Å². The molecule has 1 atom stereocenters. The molecule has 134 valence electrons. The molecule has 1 saturated carbocycles. The molecule has 1 aromatic carbocycles. The van der Waals surface area contributed by atoms with Crippen LogP contribution < -0.4 is 10.1 Å². The highest BCUT2D eigenvalue weighted by molar-refractivity contribution is 5.98. The van der Waals surface area contributed by atoms with Crippen LogP contribution >= 0.6 is 0 Å². The number of aromatic nitrogens is 2. The van der Waals surface area contributed by atoms with Crippen LogP contribution in [0.25, 0.3) is 10.9 Å². The van der Waals surface area contributed by atoms with Gasteiger partial charge in [0.2, 0.25) is 0 Å². The molecular formula is C20H21N3O3. The number of H-pyrrole nitrogens is 1. The molecule has 0 saturated heterocycles. The van der Waals surface area contributed by atoms with Crippen molar-refractivity contribution in [2.24, 2.45) is 5.92 Å². The van der Waals surface area contributed by atoms with Crippen molar-refractivity contribution in [1.29, 1.82) is 0 Å². The van der Waals surface area contributed by atoms with E-state index >= 15 is 0 Å². The summed E-state index contributed by atoms with van der Waals surface area (Å²) in [5, 5.41) is 13.7. The second-order valence-electron chi connectivity index (χ2n) is 6.73. The van der Waals surface area contributed by atoms with E-state index in [1.54, 1.807) is 13.3 Å². The number of pyridine rings is 1. The lowest BCUT2D eigenvalue weighted by atomic mass is 9.76. The van der Waals surface area contributed by atoms with Crippen LogP contribution in [0, 0.1) is 5.92 Å². The van der Waals surface area contributed by atoms with Gasteiger partial charge in [-0.1, -0.05) is 6.07 Å². The minimum Gasteiger partial charge on any atom is -0.497 e. The van der Waals surface area contributed by atoms with Gasteiger partial charge in [0.1, 0.15) is 11.4 Å². The number of nitrogens with zero attached hydrogens (tertiary/aromatic N) is 1. The van der Waals surface area contributed by atoms with Gasteiger partial charge in [-0.3, -0.25) is 9.78 Å². The van der Waals surface area contributed by atoms with Crippen molar-refractivity contribution >= 4 is 16.8 Å². The number of hydrogen-bond acceptors (Lipinski definition) is 4. The van der Waals surface area contributed by atoms with Gasteiger partial charge in [0.05, 0.1) is 24.9 Å². The number of aliphatic hydroxyl groups is 1. The molecule has 1 amide bonds. The van der Waals surface area contributed by atoms with Crippen LogP contribution in [-0.4, -0.2) is 34.2 Å². The van der Waals surface area contributed by atoms with Gasteiger partial charge in [-0.15, -0.1) is 0 Å². The van der Waals surface area contributed by atoms with E-state index in [0.29, 0.717) is 18.5 Å². The van der Waals surface area contributed by atoms with E-state index in [0.717, 1.165) is 22.3 Å². The molecular weight excluding hydrogens is 330 g/mol. The molecule has 3 aromatic rings. The minimum atomic E-state index is -0.288. The molecule has 1 fully saturated rings. The lowest BCUT2D eigenvalue weighted by Gasteiger charge is -2.37. The number of aliphatic hydroxyl groups excluding tert-OH is 1. The van der Waals surface area contributed by atoms with Gasteiger partial charge >= 0.3 is 0 Å². The van der Waals surface area contributed by atoms with Gasteiger partial charge in [-0.2, -0.15) is 0 Å². The highest BCUT2D eigenvalue weighted by atomic mass is 16.5. The first kappa shape index (κ1) is 16.6. The normalized spacial score (nSPS) is 20.4. The Bertz CT molecular complexity index is 916. The van der Waals surface area contributed by atoms with Crippen molar-refractivity contribution in [3.05, 3.63) is 60.0 Å². The van der Waals surface area contributed by atoms with Crippen molar-refractivity contribution in [3.63, 3.8) is 0 Å². The Hall–Kier alpha value is -2.86. The number of nitrogens with one attached hydrogen (secondary N) is 2. The highest BCUT2D eigenvalue weighted by Gasteiger charge is 2.36. The fraction of sp³-hybridized carbons (Fsp3) is 0.300. The first-order valence-corrected chi connectivity index (χ1v) is 8.70. The number of methoxy groups -OCH3 is 1.